The number of nitrogens with two attached hydrogens (primary N) is 1. The summed E-state index contributed by atoms with van der Waals surface area (Å²) in [5, 5.41) is 0. The minimum absolute atomic E-state index is 0.0231. The monoisotopic (exact) mass is 417 g/mol. The van der Waals surface area contributed by atoms with Crippen molar-refractivity contribution in [1.29, 1.82) is 0 Å². The minimum atomic E-state index is -3.21. The van der Waals surface area contributed by atoms with Gasteiger partial charge in [-0.2, -0.15) is 4.31 Å². The number of nitrogens with zero attached hydrogens (tertiary/aromatic N) is 2. The van der Waals surface area contributed by atoms with E-state index >= 15 is 0 Å². The van der Waals surface area contributed by atoms with Crippen LogP contribution in [0.5, 0.6) is 0 Å². The molecular weight excluding hydrogens is 395 g/mol. The van der Waals surface area contributed by atoms with Gasteiger partial charge in [0.2, 0.25) is 10.0 Å². The number of ether oxygens (including phenoxy) is 1. The van der Waals surface area contributed by atoms with Crippen LogP contribution in [0.1, 0.15) is 18.1 Å². The van der Waals surface area contributed by atoms with Crippen molar-refractivity contribution in [3.05, 3.63) is 46.3 Å². The molecule has 1 fully saturated rings. The Morgan fingerprint density at radius 1 is 1.11 bits per heavy atom. The van der Waals surface area contributed by atoms with Crippen LogP contribution in [0.3, 0.4) is 0 Å². The number of benzene rings is 1. The van der Waals surface area contributed by atoms with Crippen molar-refractivity contribution in [3.8, 4) is 0 Å². The fourth-order valence-corrected chi connectivity index (χ4v) is 5.05. The summed E-state index contributed by atoms with van der Waals surface area (Å²) < 4.78 is 71.7. The van der Waals surface area contributed by atoms with Crippen LogP contribution in [0.25, 0.3) is 0 Å². The molecule has 1 saturated heterocycles. The quantitative estimate of drug-likeness (QED) is 0.590. The normalized spacial score (nSPS) is 29.5. The van der Waals surface area contributed by atoms with E-state index in [1.165, 1.54) is 10.6 Å². The summed E-state index contributed by atoms with van der Waals surface area (Å²) in [5.74, 6) is -3.27. The second kappa shape index (κ2) is 7.10. The summed E-state index contributed by atoms with van der Waals surface area (Å²) in [6.07, 6.45) is 0.776. The molecule has 0 radical (unpaired) electrons. The molecule has 3 aliphatic heterocycles. The summed E-state index contributed by atoms with van der Waals surface area (Å²) in [4.78, 5) is 2.17. The zero-order valence-electron chi connectivity index (χ0n) is 15.4. The maximum atomic E-state index is 14.1. The molecule has 6 nitrogen and oxygen atoms in total. The Bertz CT molecular complexity index is 919. The van der Waals surface area contributed by atoms with Gasteiger partial charge in [0.15, 0.2) is 11.6 Å². The summed E-state index contributed by atoms with van der Waals surface area (Å²) in [5.41, 5.74) is 8.16. The number of halogens is 3. The molecule has 2 N–H and O–H groups in total. The van der Waals surface area contributed by atoms with Gasteiger partial charge in [0.25, 0.3) is 0 Å². The average Bonchev–Trinajstić information content (AvgIpc) is 3.17. The van der Waals surface area contributed by atoms with Gasteiger partial charge in [-0.05, 0) is 23.6 Å². The third-order valence-corrected chi connectivity index (χ3v) is 6.93. The van der Waals surface area contributed by atoms with Crippen LogP contribution in [0, 0.1) is 17.5 Å². The Hall–Kier alpha value is -1.46. The minimum Gasteiger partial charge on any atom is -0.370 e. The van der Waals surface area contributed by atoms with E-state index < -0.39 is 39.6 Å². The van der Waals surface area contributed by atoms with Crippen molar-refractivity contribution < 1.29 is 26.3 Å². The number of hydrogen-bond acceptors (Lipinski definition) is 5. The highest BCUT2D eigenvalue weighted by molar-refractivity contribution is 7.88. The van der Waals surface area contributed by atoms with E-state index in [0.717, 1.165) is 17.2 Å². The summed E-state index contributed by atoms with van der Waals surface area (Å²) in [6, 6.07) is 0.782. The molecule has 3 heterocycles. The van der Waals surface area contributed by atoms with Gasteiger partial charge >= 0.3 is 0 Å². The predicted octanol–water partition coefficient (Wildman–Crippen LogP) is 1.15. The molecular formula is C18H22F3N3O3S. The summed E-state index contributed by atoms with van der Waals surface area (Å²) >= 11 is 0. The van der Waals surface area contributed by atoms with Crippen LogP contribution in [-0.4, -0.2) is 68.7 Å². The molecule has 3 unspecified atom stereocenters. The summed E-state index contributed by atoms with van der Waals surface area (Å²) in [7, 11) is -3.21. The molecule has 4 rings (SSSR count). The van der Waals surface area contributed by atoms with Gasteiger partial charge in [0.05, 0.1) is 12.9 Å². The van der Waals surface area contributed by atoms with E-state index in [9.17, 15) is 21.6 Å². The number of rotatable bonds is 3. The van der Waals surface area contributed by atoms with Crippen LogP contribution < -0.4 is 5.73 Å². The van der Waals surface area contributed by atoms with E-state index in [1.807, 2.05) is 0 Å². The lowest BCUT2D eigenvalue weighted by atomic mass is 9.93. The maximum Gasteiger partial charge on any atom is 0.211 e. The third kappa shape index (κ3) is 3.59. The van der Waals surface area contributed by atoms with Gasteiger partial charge < -0.3 is 10.5 Å². The fourth-order valence-electron chi connectivity index (χ4n) is 4.27. The fraction of sp³-hybridized carbons (Fsp3) is 0.556. The van der Waals surface area contributed by atoms with E-state index in [1.54, 1.807) is 0 Å². The van der Waals surface area contributed by atoms with E-state index in [0.29, 0.717) is 38.7 Å². The topological polar surface area (TPSA) is 75.9 Å². The first-order valence-electron chi connectivity index (χ1n) is 9.04. The standard InChI is InChI=1S/C18H22F3N3O3S/c1-28(25,26)24-7-10-5-23(6-11(10)8-24)13-4-16(22)18(27-9-13)14-2-12(19)3-15(20)17(14)21/h2-3,13,16,18H,4-9,22H2,1H3. The van der Waals surface area contributed by atoms with Crippen molar-refractivity contribution in [1.82, 2.24) is 9.21 Å². The van der Waals surface area contributed by atoms with Crippen LogP contribution >= 0.6 is 0 Å². The second-order valence-corrected chi connectivity index (χ2v) is 9.72. The smallest absolute Gasteiger partial charge is 0.211 e. The molecule has 10 heteroatoms. The molecule has 0 spiro atoms. The van der Waals surface area contributed by atoms with Crippen molar-refractivity contribution in [2.45, 2.75) is 24.6 Å². The van der Waals surface area contributed by atoms with Crippen molar-refractivity contribution in [2.24, 2.45) is 5.73 Å². The molecule has 1 aromatic carbocycles. The Balaban J connectivity index is 1.40. The highest BCUT2D eigenvalue weighted by atomic mass is 32.2. The Morgan fingerprint density at radius 2 is 1.75 bits per heavy atom. The lowest BCUT2D eigenvalue weighted by molar-refractivity contribution is -0.0470. The molecule has 0 aliphatic carbocycles. The first-order valence-corrected chi connectivity index (χ1v) is 10.9. The SMILES string of the molecule is CS(=O)(=O)N1CC2=C(CN(C3COC(c4cc(F)cc(F)c4F)C(N)C3)C2)C1. The molecule has 0 saturated carbocycles. The van der Waals surface area contributed by atoms with Gasteiger partial charge in [-0.1, -0.05) is 0 Å². The number of hydrogen-bond donors (Lipinski definition) is 1. The maximum absolute atomic E-state index is 14.1. The number of sulfonamides is 1. The molecule has 3 atom stereocenters. The van der Waals surface area contributed by atoms with E-state index in [2.05, 4.69) is 4.90 Å². The van der Waals surface area contributed by atoms with Gasteiger partial charge in [-0.3, -0.25) is 4.90 Å². The first kappa shape index (κ1) is 19.8. The van der Waals surface area contributed by atoms with Gasteiger partial charge in [0.1, 0.15) is 11.9 Å². The van der Waals surface area contributed by atoms with Crippen LogP contribution in [0.4, 0.5) is 13.2 Å². The van der Waals surface area contributed by atoms with Gasteiger partial charge in [-0.25, -0.2) is 21.6 Å². The second-order valence-electron chi connectivity index (χ2n) is 7.74. The van der Waals surface area contributed by atoms with Gasteiger partial charge in [0, 0.05) is 49.9 Å². The van der Waals surface area contributed by atoms with E-state index in [4.69, 9.17) is 10.5 Å². The highest BCUT2D eigenvalue weighted by Crippen LogP contribution is 2.35. The highest BCUT2D eigenvalue weighted by Gasteiger charge is 2.40. The molecule has 154 valence electrons. The van der Waals surface area contributed by atoms with Crippen molar-refractivity contribution >= 4 is 10.0 Å². The van der Waals surface area contributed by atoms with Crippen LogP contribution in [0.2, 0.25) is 0 Å². The third-order valence-electron chi connectivity index (χ3n) is 5.74. The Morgan fingerprint density at radius 3 is 2.32 bits per heavy atom. The zero-order valence-corrected chi connectivity index (χ0v) is 16.2. The van der Waals surface area contributed by atoms with Crippen LogP contribution in [0.15, 0.2) is 23.3 Å². The predicted molar refractivity (Wildman–Crippen MR) is 96.4 cm³/mol. The largest absolute Gasteiger partial charge is 0.370 e. The molecule has 0 aromatic heterocycles. The average molecular weight is 417 g/mol. The van der Waals surface area contributed by atoms with Crippen LogP contribution in [-0.2, 0) is 14.8 Å². The zero-order chi connectivity index (χ0) is 20.2. The summed E-state index contributed by atoms with van der Waals surface area (Å²) in [6.45, 7) is 2.33. The molecule has 28 heavy (non-hydrogen) atoms. The van der Waals surface area contributed by atoms with Crippen molar-refractivity contribution in [2.75, 3.05) is 39.0 Å². The molecule has 0 bridgehead atoms. The lowest BCUT2D eigenvalue weighted by Crippen LogP contribution is -2.49. The molecule has 3 aliphatic rings. The molecule has 1 aromatic rings. The lowest BCUT2D eigenvalue weighted by Gasteiger charge is -2.39. The first-order chi connectivity index (χ1) is 13.1. The molecule has 0 amide bonds. The van der Waals surface area contributed by atoms with Gasteiger partial charge in [-0.15, -0.1) is 0 Å². The Kier molecular flexibility index (Phi) is 5.03. The van der Waals surface area contributed by atoms with E-state index in [-0.39, 0.29) is 18.2 Å². The Labute approximate surface area is 161 Å². The van der Waals surface area contributed by atoms with Crippen molar-refractivity contribution in [3.63, 3.8) is 0 Å².